The van der Waals surface area contributed by atoms with Crippen molar-refractivity contribution in [1.82, 2.24) is 10.0 Å². The summed E-state index contributed by atoms with van der Waals surface area (Å²) in [5, 5.41) is 2.04. The van der Waals surface area contributed by atoms with Gasteiger partial charge in [0.25, 0.3) is 0 Å². The van der Waals surface area contributed by atoms with Crippen LogP contribution in [-0.2, 0) is 20.5 Å². The van der Waals surface area contributed by atoms with Crippen LogP contribution in [0.4, 0.5) is 13.2 Å². The van der Waals surface area contributed by atoms with E-state index in [1.807, 2.05) is 44.3 Å². The highest BCUT2D eigenvalue weighted by Crippen LogP contribution is 2.59. The Bertz CT molecular complexity index is 995. The number of alkyl halides is 3. The van der Waals surface area contributed by atoms with Crippen molar-refractivity contribution in [2.75, 3.05) is 6.54 Å². The molecule has 10 heteroatoms. The van der Waals surface area contributed by atoms with Crippen molar-refractivity contribution in [3.05, 3.63) is 34.9 Å². The molecule has 1 saturated carbocycles. The SMILES string of the molecule is CC(C)c1ccc2c(c1)[C@H](NS(=O)(=O)O)C[C@H]1[C@](C)(CNC(=O)C(F)(F)F)CCC[C@]21C. The van der Waals surface area contributed by atoms with E-state index in [9.17, 15) is 30.9 Å². The van der Waals surface area contributed by atoms with Crippen molar-refractivity contribution in [2.24, 2.45) is 11.3 Å². The highest BCUT2D eigenvalue weighted by molar-refractivity contribution is 7.83. The fourth-order valence-electron chi connectivity index (χ4n) is 5.84. The lowest BCUT2D eigenvalue weighted by Gasteiger charge is -2.57. The van der Waals surface area contributed by atoms with Crippen LogP contribution < -0.4 is 10.0 Å². The Morgan fingerprint density at radius 1 is 1.25 bits per heavy atom. The molecule has 0 aliphatic heterocycles. The van der Waals surface area contributed by atoms with E-state index in [0.717, 1.165) is 29.5 Å². The van der Waals surface area contributed by atoms with Gasteiger partial charge in [-0.05, 0) is 58.6 Å². The first kappa shape index (κ1) is 25.0. The van der Waals surface area contributed by atoms with Crippen LogP contribution in [0.2, 0.25) is 0 Å². The molecule has 0 spiro atoms. The summed E-state index contributed by atoms with van der Waals surface area (Å²) >= 11 is 0. The number of amides is 1. The summed E-state index contributed by atoms with van der Waals surface area (Å²) in [6, 6.07) is 5.23. The first-order valence-electron chi connectivity index (χ1n) is 10.8. The van der Waals surface area contributed by atoms with Crippen LogP contribution in [-0.4, -0.2) is 31.6 Å². The summed E-state index contributed by atoms with van der Waals surface area (Å²) in [7, 11) is -4.51. The molecular formula is C22H31F3N2O4S. The predicted molar refractivity (Wildman–Crippen MR) is 114 cm³/mol. The molecule has 0 saturated heterocycles. The van der Waals surface area contributed by atoms with E-state index in [1.54, 1.807) is 0 Å². The van der Waals surface area contributed by atoms with Crippen LogP contribution in [0.3, 0.4) is 0 Å². The highest BCUT2D eigenvalue weighted by Gasteiger charge is 2.54. The average Bonchev–Trinajstić information content (AvgIpc) is 2.65. The Morgan fingerprint density at radius 3 is 2.47 bits per heavy atom. The molecule has 1 amide bonds. The van der Waals surface area contributed by atoms with Crippen molar-refractivity contribution in [1.29, 1.82) is 0 Å². The number of halogens is 3. The predicted octanol–water partition coefficient (Wildman–Crippen LogP) is 4.39. The second kappa shape index (κ2) is 8.29. The van der Waals surface area contributed by atoms with Gasteiger partial charge in [-0.2, -0.15) is 26.3 Å². The lowest BCUT2D eigenvalue weighted by molar-refractivity contribution is -0.174. The van der Waals surface area contributed by atoms with Gasteiger partial charge in [0.05, 0.1) is 0 Å². The van der Waals surface area contributed by atoms with Gasteiger partial charge in [-0.25, -0.2) is 0 Å². The average molecular weight is 477 g/mol. The Morgan fingerprint density at radius 2 is 1.91 bits per heavy atom. The van der Waals surface area contributed by atoms with Crippen molar-refractivity contribution in [3.63, 3.8) is 0 Å². The molecule has 3 rings (SSSR count). The van der Waals surface area contributed by atoms with Crippen molar-refractivity contribution >= 4 is 16.2 Å². The molecule has 0 unspecified atom stereocenters. The summed E-state index contributed by atoms with van der Waals surface area (Å²) in [6.45, 7) is 7.81. The summed E-state index contributed by atoms with van der Waals surface area (Å²) in [5.41, 5.74) is 1.67. The minimum absolute atomic E-state index is 0.163. The van der Waals surface area contributed by atoms with E-state index in [2.05, 4.69) is 11.6 Å². The van der Waals surface area contributed by atoms with Crippen molar-refractivity contribution in [2.45, 2.75) is 76.9 Å². The van der Waals surface area contributed by atoms with E-state index in [0.29, 0.717) is 12.8 Å². The highest BCUT2D eigenvalue weighted by atomic mass is 32.2. The van der Waals surface area contributed by atoms with Gasteiger partial charge < -0.3 is 5.32 Å². The molecule has 6 nitrogen and oxygen atoms in total. The van der Waals surface area contributed by atoms with E-state index < -0.39 is 39.3 Å². The summed E-state index contributed by atoms with van der Waals surface area (Å²) in [6.07, 6.45) is -2.48. The number of carbonyl (C=O) groups is 1. The maximum absolute atomic E-state index is 12.8. The molecule has 1 fully saturated rings. The molecule has 0 radical (unpaired) electrons. The van der Waals surface area contributed by atoms with Gasteiger partial charge in [-0.3, -0.25) is 9.35 Å². The third-order valence-corrected chi connectivity index (χ3v) is 8.04. The van der Waals surface area contributed by atoms with Crippen LogP contribution in [0, 0.1) is 11.3 Å². The molecule has 2 aliphatic rings. The van der Waals surface area contributed by atoms with Gasteiger partial charge in [-0.1, -0.05) is 52.3 Å². The van der Waals surface area contributed by atoms with Crippen molar-refractivity contribution < 1.29 is 30.9 Å². The number of rotatable bonds is 5. The normalized spacial score (nSPS) is 30.5. The van der Waals surface area contributed by atoms with Crippen LogP contribution in [0.1, 0.15) is 82.0 Å². The second-order valence-electron chi connectivity index (χ2n) is 10.0. The zero-order chi connectivity index (χ0) is 24.1. The van der Waals surface area contributed by atoms with Crippen LogP contribution in [0.5, 0.6) is 0 Å². The molecule has 0 heterocycles. The Balaban J connectivity index is 2.05. The van der Waals surface area contributed by atoms with Gasteiger partial charge in [0.15, 0.2) is 0 Å². The number of nitrogens with one attached hydrogen (secondary N) is 2. The molecule has 0 bridgehead atoms. The van der Waals surface area contributed by atoms with Crippen LogP contribution in [0.25, 0.3) is 0 Å². The van der Waals surface area contributed by atoms with E-state index in [1.165, 1.54) is 0 Å². The summed E-state index contributed by atoms with van der Waals surface area (Å²) < 4.78 is 73.6. The maximum atomic E-state index is 12.8. The largest absolute Gasteiger partial charge is 0.471 e. The molecule has 180 valence electrons. The molecule has 1 aromatic rings. The Kier molecular flexibility index (Phi) is 6.47. The molecule has 32 heavy (non-hydrogen) atoms. The fourth-order valence-corrected chi connectivity index (χ4v) is 6.42. The minimum atomic E-state index is -4.96. The molecule has 2 aliphatic carbocycles. The number of fused-ring (bicyclic) bond motifs is 3. The molecule has 1 aromatic carbocycles. The van der Waals surface area contributed by atoms with Gasteiger partial charge in [0.2, 0.25) is 0 Å². The smallest absolute Gasteiger partial charge is 0.348 e. The lowest BCUT2D eigenvalue weighted by Crippen LogP contribution is -2.55. The first-order valence-corrected chi connectivity index (χ1v) is 12.2. The minimum Gasteiger partial charge on any atom is -0.348 e. The van der Waals surface area contributed by atoms with E-state index in [-0.39, 0.29) is 18.4 Å². The number of benzene rings is 1. The zero-order valence-corrected chi connectivity index (χ0v) is 19.5. The zero-order valence-electron chi connectivity index (χ0n) is 18.7. The number of hydrogen-bond acceptors (Lipinski definition) is 3. The van der Waals surface area contributed by atoms with Crippen LogP contribution in [0.15, 0.2) is 18.2 Å². The van der Waals surface area contributed by atoms with E-state index >= 15 is 0 Å². The topological polar surface area (TPSA) is 95.5 Å². The number of carbonyl (C=O) groups excluding carboxylic acids is 1. The molecular weight excluding hydrogens is 445 g/mol. The Hall–Kier alpha value is -1.65. The van der Waals surface area contributed by atoms with Crippen molar-refractivity contribution in [3.8, 4) is 0 Å². The number of hydrogen-bond donors (Lipinski definition) is 3. The second-order valence-corrected chi connectivity index (χ2v) is 11.2. The third-order valence-electron chi connectivity index (χ3n) is 7.46. The first-order chi connectivity index (χ1) is 14.6. The Labute approximate surface area is 187 Å². The summed E-state index contributed by atoms with van der Waals surface area (Å²) in [4.78, 5) is 11.5. The molecule has 0 aromatic heterocycles. The fraction of sp³-hybridized carbons (Fsp3) is 0.682. The molecule has 3 N–H and O–H groups in total. The van der Waals surface area contributed by atoms with Gasteiger partial charge >= 0.3 is 22.4 Å². The van der Waals surface area contributed by atoms with Gasteiger partial charge in [0, 0.05) is 12.6 Å². The standard InChI is InChI=1S/C22H31F3N2O4S/c1-13(2)14-6-7-16-15(10-14)17(27-32(29,30)31)11-18-20(3,8-5-9-21(16,18)4)12-26-19(28)22(23,24)25/h6-7,10,13,17-18,27H,5,8-9,11-12H2,1-4H3,(H,26,28)(H,29,30,31)/t17-,18+,20+,21-/m1/s1. The lowest BCUT2D eigenvalue weighted by atomic mass is 9.49. The summed E-state index contributed by atoms with van der Waals surface area (Å²) in [5.74, 6) is -1.98. The van der Waals surface area contributed by atoms with Gasteiger partial charge in [0.1, 0.15) is 0 Å². The third kappa shape index (κ3) is 4.82. The molecule has 4 atom stereocenters. The van der Waals surface area contributed by atoms with E-state index in [4.69, 9.17) is 0 Å². The quantitative estimate of drug-likeness (QED) is 0.550. The van der Waals surface area contributed by atoms with Crippen LogP contribution >= 0.6 is 0 Å². The van der Waals surface area contributed by atoms with Gasteiger partial charge in [-0.15, -0.1) is 0 Å². The maximum Gasteiger partial charge on any atom is 0.471 e. The monoisotopic (exact) mass is 476 g/mol.